The summed E-state index contributed by atoms with van der Waals surface area (Å²) in [6.45, 7) is 5.49. The van der Waals surface area contributed by atoms with Gasteiger partial charge in [-0.2, -0.15) is 0 Å². The van der Waals surface area contributed by atoms with Gasteiger partial charge in [-0.1, -0.05) is 49.7 Å². The number of methoxy groups -OCH3 is 1. The summed E-state index contributed by atoms with van der Waals surface area (Å²) >= 11 is 6.16. The molecule has 3 aromatic rings. The Labute approximate surface area is 198 Å². The Hall–Kier alpha value is -3.38. The van der Waals surface area contributed by atoms with E-state index in [4.69, 9.17) is 31.0 Å². The van der Waals surface area contributed by atoms with E-state index >= 15 is 0 Å². The van der Waals surface area contributed by atoms with Crippen molar-refractivity contribution in [3.63, 3.8) is 0 Å². The van der Waals surface area contributed by atoms with Crippen LogP contribution >= 0.6 is 11.6 Å². The number of aromatic nitrogens is 2. The third kappa shape index (κ3) is 4.57. The molecule has 4 rings (SSSR count). The summed E-state index contributed by atoms with van der Waals surface area (Å²) < 4.78 is 11.1. The van der Waals surface area contributed by atoms with E-state index in [1.165, 1.54) is 6.92 Å². The first-order valence-electron chi connectivity index (χ1n) is 11.0. The van der Waals surface area contributed by atoms with Crippen LogP contribution in [0.25, 0.3) is 17.0 Å². The molecule has 1 aromatic heterocycles. The number of allylic oxidation sites excluding steroid dienone is 1. The Morgan fingerprint density at radius 2 is 1.82 bits per heavy atom. The van der Waals surface area contributed by atoms with Gasteiger partial charge in [-0.05, 0) is 36.6 Å². The Kier molecular flexibility index (Phi) is 6.65. The first-order valence-corrected chi connectivity index (χ1v) is 11.3. The van der Waals surface area contributed by atoms with Gasteiger partial charge in [0.15, 0.2) is 5.82 Å². The normalized spacial score (nSPS) is 12.5. The van der Waals surface area contributed by atoms with Crippen molar-refractivity contribution in [1.82, 2.24) is 9.97 Å². The molecule has 0 saturated carbocycles. The maximum atomic E-state index is 11.7. The smallest absolute Gasteiger partial charge is 0.307 e. The highest BCUT2D eigenvalue weighted by Gasteiger charge is 2.26. The van der Waals surface area contributed by atoms with E-state index in [0.29, 0.717) is 41.6 Å². The van der Waals surface area contributed by atoms with Crippen LogP contribution in [0.1, 0.15) is 43.3 Å². The lowest BCUT2D eigenvalue weighted by Crippen LogP contribution is -2.11. The monoisotopic (exact) mass is 463 g/mol. The number of nitrogens with one attached hydrogen (secondary N) is 1. The third-order valence-corrected chi connectivity index (χ3v) is 5.79. The molecule has 0 radical (unpaired) electrons. The third-order valence-electron chi connectivity index (χ3n) is 5.56. The van der Waals surface area contributed by atoms with Crippen LogP contribution in [0.5, 0.6) is 5.75 Å². The molecule has 170 valence electrons. The lowest BCUT2D eigenvalue weighted by molar-refractivity contribution is -0.136. The van der Waals surface area contributed by atoms with Crippen molar-refractivity contribution in [2.24, 2.45) is 0 Å². The highest BCUT2D eigenvalue weighted by atomic mass is 35.5. The number of ether oxygens (including phenoxy) is 2. The average Bonchev–Trinajstić information content (AvgIpc) is 3.15. The molecule has 0 amide bonds. The highest BCUT2D eigenvalue weighted by molar-refractivity contribution is 6.30. The van der Waals surface area contributed by atoms with Crippen LogP contribution in [0.3, 0.4) is 0 Å². The quantitative estimate of drug-likeness (QED) is 0.444. The minimum absolute atomic E-state index is 0.349. The van der Waals surface area contributed by atoms with E-state index in [1.807, 2.05) is 50.2 Å². The van der Waals surface area contributed by atoms with Gasteiger partial charge in [-0.3, -0.25) is 4.79 Å². The number of halogens is 1. The number of fused-ring (bicyclic) bond motifs is 1. The van der Waals surface area contributed by atoms with E-state index in [1.54, 1.807) is 13.2 Å². The Balaban J connectivity index is 1.81. The van der Waals surface area contributed by atoms with Crippen LogP contribution in [0.15, 0.2) is 48.2 Å². The van der Waals surface area contributed by atoms with Gasteiger partial charge in [-0.15, -0.1) is 0 Å². The van der Waals surface area contributed by atoms with Crippen molar-refractivity contribution in [3.8, 4) is 17.0 Å². The van der Waals surface area contributed by atoms with Gasteiger partial charge in [0.25, 0.3) is 0 Å². The molecule has 0 aliphatic heterocycles. The summed E-state index contributed by atoms with van der Waals surface area (Å²) in [5.41, 5.74) is 6.10. The van der Waals surface area contributed by atoms with Crippen LogP contribution in [-0.2, 0) is 28.8 Å². The second-order valence-corrected chi connectivity index (χ2v) is 8.15. The number of carbonyl (C=O) groups excluding carboxylic acids is 1. The van der Waals surface area contributed by atoms with Crippen LogP contribution < -0.4 is 10.1 Å². The number of hydrogen-bond donors (Lipinski definition) is 1. The predicted octanol–water partition coefficient (Wildman–Crippen LogP) is 5.83. The minimum atomic E-state index is -0.349. The summed E-state index contributed by atoms with van der Waals surface area (Å²) in [5.74, 6) is 1.55. The molecule has 1 aliphatic rings. The van der Waals surface area contributed by atoms with Gasteiger partial charge in [0, 0.05) is 29.5 Å². The number of nitrogens with zero attached hydrogens (tertiary/aromatic N) is 2. The molecule has 1 heterocycles. The zero-order valence-corrected chi connectivity index (χ0v) is 19.9. The zero-order chi connectivity index (χ0) is 23.5. The Morgan fingerprint density at radius 1 is 1.06 bits per heavy atom. The number of hydrogen-bond acceptors (Lipinski definition) is 6. The number of esters is 1. The molecule has 0 spiro atoms. The number of aryl methyl sites for hydroxylation is 2. The number of anilines is 1. The molecule has 1 N–H and O–H groups in total. The van der Waals surface area contributed by atoms with E-state index in [2.05, 4.69) is 5.32 Å². The van der Waals surface area contributed by atoms with Crippen LogP contribution in [-0.4, -0.2) is 23.0 Å². The molecule has 1 aliphatic carbocycles. The highest BCUT2D eigenvalue weighted by Crippen LogP contribution is 2.37. The summed E-state index contributed by atoms with van der Waals surface area (Å²) in [6, 6.07) is 13.5. The second-order valence-electron chi connectivity index (χ2n) is 7.72. The van der Waals surface area contributed by atoms with Gasteiger partial charge in [-0.25, -0.2) is 9.97 Å². The molecule has 0 atom stereocenters. The molecule has 2 aromatic carbocycles. The van der Waals surface area contributed by atoms with Gasteiger partial charge >= 0.3 is 5.97 Å². The number of carbonyl (C=O) groups is 1. The van der Waals surface area contributed by atoms with E-state index < -0.39 is 0 Å². The molecule has 7 heteroatoms. The number of rotatable bonds is 7. The minimum Gasteiger partial charge on any atom is -0.496 e. The lowest BCUT2D eigenvalue weighted by atomic mass is 10.1. The van der Waals surface area contributed by atoms with Crippen molar-refractivity contribution < 1.29 is 14.3 Å². The molecular weight excluding hydrogens is 438 g/mol. The maximum Gasteiger partial charge on any atom is 0.307 e. The van der Waals surface area contributed by atoms with Crippen molar-refractivity contribution in [2.75, 3.05) is 12.4 Å². The summed E-state index contributed by atoms with van der Waals surface area (Å²) in [5, 5.41) is 4.04. The van der Waals surface area contributed by atoms with Gasteiger partial charge in [0.2, 0.25) is 0 Å². The van der Waals surface area contributed by atoms with Gasteiger partial charge < -0.3 is 14.8 Å². The SMILES string of the molecule is CCc1nc(-c2ccc(Cl)cc2OC)c(CC)nc1NC1=C(OC(C)=O)Cc2ccccc21. The molecule has 6 nitrogen and oxygen atoms in total. The average molecular weight is 464 g/mol. The van der Waals surface area contributed by atoms with Crippen molar-refractivity contribution in [3.05, 3.63) is 75.8 Å². The molecule has 0 saturated heterocycles. The van der Waals surface area contributed by atoms with E-state index in [-0.39, 0.29) is 5.97 Å². The Bertz CT molecular complexity index is 1250. The first kappa shape index (κ1) is 22.8. The fourth-order valence-electron chi connectivity index (χ4n) is 4.02. The zero-order valence-electron chi connectivity index (χ0n) is 19.2. The summed E-state index contributed by atoms with van der Waals surface area (Å²) in [4.78, 5) is 21.7. The van der Waals surface area contributed by atoms with E-state index in [9.17, 15) is 4.79 Å². The standard InChI is InChI=1S/C26H26ClN3O3/c1-5-20-24(19-12-11-17(27)14-22(19)32-4)28-21(6-2)26(29-20)30-25-18-10-8-7-9-16(18)13-23(25)33-15(3)31/h7-12,14H,5-6,13H2,1-4H3,(H,29,30). The van der Waals surface area contributed by atoms with Crippen LogP contribution in [0.4, 0.5) is 5.82 Å². The molecule has 33 heavy (non-hydrogen) atoms. The Morgan fingerprint density at radius 3 is 2.52 bits per heavy atom. The fourth-order valence-corrected chi connectivity index (χ4v) is 4.18. The number of benzene rings is 2. The summed E-state index contributed by atoms with van der Waals surface area (Å²) in [7, 11) is 1.62. The van der Waals surface area contributed by atoms with Gasteiger partial charge in [0.05, 0.1) is 29.9 Å². The fraction of sp³-hybridized carbons (Fsp3) is 0.269. The van der Waals surface area contributed by atoms with Crippen LogP contribution in [0.2, 0.25) is 5.02 Å². The largest absolute Gasteiger partial charge is 0.496 e. The maximum absolute atomic E-state index is 11.7. The molecule has 0 bridgehead atoms. The topological polar surface area (TPSA) is 73.3 Å². The molecule has 0 unspecified atom stereocenters. The van der Waals surface area contributed by atoms with E-state index in [0.717, 1.165) is 39.5 Å². The van der Waals surface area contributed by atoms with Crippen molar-refractivity contribution in [1.29, 1.82) is 0 Å². The second kappa shape index (κ2) is 9.63. The lowest BCUT2D eigenvalue weighted by Gasteiger charge is -2.17. The van der Waals surface area contributed by atoms with Gasteiger partial charge in [0.1, 0.15) is 11.5 Å². The molecular formula is C26H26ClN3O3. The summed E-state index contributed by atoms with van der Waals surface area (Å²) in [6.07, 6.45) is 1.90. The first-order chi connectivity index (χ1) is 15.9. The predicted molar refractivity (Wildman–Crippen MR) is 130 cm³/mol. The molecule has 0 fully saturated rings. The van der Waals surface area contributed by atoms with Crippen LogP contribution in [0, 0.1) is 0 Å². The van der Waals surface area contributed by atoms with Crippen molar-refractivity contribution in [2.45, 2.75) is 40.0 Å². The van der Waals surface area contributed by atoms with Crippen molar-refractivity contribution >= 4 is 29.1 Å².